The Kier molecular flexibility index (Phi) is 5.15. The maximum atomic E-state index is 13.8. The molecule has 0 fully saturated rings. The fraction of sp³-hybridized carbons (Fsp3) is 0.300. The smallest absolute Gasteiger partial charge is 0.410 e. The topological polar surface area (TPSA) is 81.3 Å². The Morgan fingerprint density at radius 3 is 2.83 bits per heavy atom. The number of para-hydroxylation sites is 1. The van der Waals surface area contributed by atoms with Crippen LogP contribution in [0.5, 0.6) is 5.75 Å². The van der Waals surface area contributed by atoms with E-state index in [-0.39, 0.29) is 24.3 Å². The van der Waals surface area contributed by atoms with Gasteiger partial charge in [-0.1, -0.05) is 18.2 Å². The summed E-state index contributed by atoms with van der Waals surface area (Å²) < 4.78 is 52.7. The van der Waals surface area contributed by atoms with Gasteiger partial charge in [-0.2, -0.15) is 18.3 Å². The lowest BCUT2D eigenvalue weighted by atomic mass is 9.95. The largest absolute Gasteiger partial charge is 0.496 e. The Labute approximate surface area is 169 Å². The van der Waals surface area contributed by atoms with Crippen molar-refractivity contribution in [3.05, 3.63) is 65.7 Å². The lowest BCUT2D eigenvalue weighted by molar-refractivity contribution is -0.173. The number of rotatable bonds is 5. The molecule has 3 aromatic rings. The fourth-order valence-corrected chi connectivity index (χ4v) is 3.56. The number of carbonyl (C=O) groups excluding carboxylic acids is 1. The molecule has 1 aromatic carbocycles. The monoisotopic (exact) mass is 420 g/mol. The zero-order valence-corrected chi connectivity index (χ0v) is 15.9. The Morgan fingerprint density at radius 1 is 1.33 bits per heavy atom. The first-order valence-electron chi connectivity index (χ1n) is 9.22. The van der Waals surface area contributed by atoms with E-state index in [2.05, 4.69) is 15.7 Å². The summed E-state index contributed by atoms with van der Waals surface area (Å²) >= 11 is 0. The van der Waals surface area contributed by atoms with E-state index >= 15 is 0 Å². The quantitative estimate of drug-likeness (QED) is 0.650. The third kappa shape index (κ3) is 3.72. The van der Waals surface area contributed by atoms with Gasteiger partial charge in [-0.15, -0.1) is 0 Å². The first kappa shape index (κ1) is 19.9. The van der Waals surface area contributed by atoms with Crippen LogP contribution in [0.4, 0.5) is 19.0 Å². The molecule has 0 radical (unpaired) electrons. The van der Waals surface area contributed by atoms with Crippen molar-refractivity contribution < 1.29 is 27.1 Å². The van der Waals surface area contributed by atoms with E-state index in [0.717, 1.165) is 10.9 Å². The number of ether oxygens (including phenoxy) is 1. The predicted molar refractivity (Wildman–Crippen MR) is 101 cm³/mol. The van der Waals surface area contributed by atoms with Crippen molar-refractivity contribution in [3.8, 4) is 5.75 Å². The third-order valence-electron chi connectivity index (χ3n) is 5.00. The molecule has 2 aromatic heterocycles. The second-order valence-corrected chi connectivity index (χ2v) is 6.85. The highest BCUT2D eigenvalue weighted by Gasteiger charge is 2.47. The number of halogens is 3. The minimum atomic E-state index is -4.54. The number of alkyl halides is 3. The minimum absolute atomic E-state index is 0.0106. The molecule has 0 saturated carbocycles. The van der Waals surface area contributed by atoms with Crippen LogP contribution in [0.3, 0.4) is 0 Å². The van der Waals surface area contributed by atoms with Crippen LogP contribution >= 0.6 is 0 Å². The number of benzene rings is 1. The molecule has 2 N–H and O–H groups in total. The standard InChI is InChI=1S/C20H19F3N4O3/c1-29-16-7-3-2-6-13(16)15-9-17(20(21,22)23)27-18(26-15)14(11-25-27)19(28)24-10-12-5-4-8-30-12/h2-8,11,15,17,26H,9-10H2,1H3,(H,24,28)/t15-,17+/m1/s1. The maximum Gasteiger partial charge on any atom is 0.410 e. The molecule has 4 rings (SSSR count). The molecule has 1 aliphatic rings. The summed E-state index contributed by atoms with van der Waals surface area (Å²) in [6, 6.07) is 7.62. The summed E-state index contributed by atoms with van der Waals surface area (Å²) in [5, 5.41) is 9.55. The highest BCUT2D eigenvalue weighted by atomic mass is 19.4. The van der Waals surface area contributed by atoms with Gasteiger partial charge in [0.15, 0.2) is 6.04 Å². The van der Waals surface area contributed by atoms with Crippen molar-refractivity contribution >= 4 is 11.7 Å². The molecule has 0 bridgehead atoms. The van der Waals surface area contributed by atoms with Gasteiger partial charge in [0.25, 0.3) is 5.91 Å². The Bertz CT molecular complexity index is 1030. The summed E-state index contributed by atoms with van der Waals surface area (Å²) in [7, 11) is 1.46. The molecule has 2 atom stereocenters. The number of amides is 1. The number of aromatic nitrogens is 2. The van der Waals surface area contributed by atoms with E-state index in [1.54, 1.807) is 36.4 Å². The van der Waals surface area contributed by atoms with Crippen LogP contribution in [0.2, 0.25) is 0 Å². The van der Waals surface area contributed by atoms with Crippen LogP contribution in [-0.4, -0.2) is 29.0 Å². The first-order valence-corrected chi connectivity index (χ1v) is 9.22. The van der Waals surface area contributed by atoms with Crippen molar-refractivity contribution in [3.63, 3.8) is 0 Å². The third-order valence-corrected chi connectivity index (χ3v) is 5.00. The van der Waals surface area contributed by atoms with Gasteiger partial charge in [0.2, 0.25) is 0 Å². The molecule has 158 valence electrons. The SMILES string of the molecule is COc1ccccc1[C@H]1C[C@@H](C(F)(F)F)n2ncc(C(=O)NCc3ccco3)c2N1. The van der Waals surface area contributed by atoms with Gasteiger partial charge < -0.3 is 19.8 Å². The van der Waals surface area contributed by atoms with E-state index in [4.69, 9.17) is 9.15 Å². The predicted octanol–water partition coefficient (Wildman–Crippen LogP) is 4.08. The van der Waals surface area contributed by atoms with Crippen LogP contribution in [0.1, 0.15) is 40.2 Å². The van der Waals surface area contributed by atoms with Crippen molar-refractivity contribution in [2.75, 3.05) is 12.4 Å². The van der Waals surface area contributed by atoms with Gasteiger partial charge in [0.05, 0.1) is 32.2 Å². The minimum Gasteiger partial charge on any atom is -0.496 e. The van der Waals surface area contributed by atoms with Gasteiger partial charge in [0, 0.05) is 12.0 Å². The van der Waals surface area contributed by atoms with Crippen LogP contribution in [0.15, 0.2) is 53.3 Å². The van der Waals surface area contributed by atoms with Gasteiger partial charge in [-0.05, 0) is 18.2 Å². The van der Waals surface area contributed by atoms with Crippen LogP contribution in [0, 0.1) is 0 Å². The highest BCUT2D eigenvalue weighted by molar-refractivity contribution is 5.98. The number of anilines is 1. The lowest BCUT2D eigenvalue weighted by Crippen LogP contribution is -2.36. The Hall–Kier alpha value is -3.43. The number of methoxy groups -OCH3 is 1. The first-order chi connectivity index (χ1) is 14.4. The van der Waals surface area contributed by atoms with Crippen molar-refractivity contribution in [1.82, 2.24) is 15.1 Å². The summed E-state index contributed by atoms with van der Waals surface area (Å²) in [6.45, 7) is 0.106. The summed E-state index contributed by atoms with van der Waals surface area (Å²) in [5.74, 6) is 0.447. The molecule has 7 nitrogen and oxygen atoms in total. The molecule has 3 heterocycles. The average Bonchev–Trinajstić information content (AvgIpc) is 3.40. The number of furan rings is 1. The van der Waals surface area contributed by atoms with Gasteiger partial charge in [0.1, 0.15) is 22.9 Å². The van der Waals surface area contributed by atoms with Crippen molar-refractivity contribution in [2.45, 2.75) is 31.2 Å². The van der Waals surface area contributed by atoms with Gasteiger partial charge in [-0.3, -0.25) is 4.79 Å². The van der Waals surface area contributed by atoms with E-state index in [0.29, 0.717) is 17.1 Å². The Balaban J connectivity index is 1.67. The highest BCUT2D eigenvalue weighted by Crippen LogP contribution is 2.45. The summed E-state index contributed by atoms with van der Waals surface area (Å²) in [4.78, 5) is 12.6. The van der Waals surface area contributed by atoms with E-state index in [1.807, 2.05) is 0 Å². The lowest BCUT2D eigenvalue weighted by Gasteiger charge is -2.34. The van der Waals surface area contributed by atoms with Crippen molar-refractivity contribution in [1.29, 1.82) is 0 Å². The molecule has 30 heavy (non-hydrogen) atoms. The fourth-order valence-electron chi connectivity index (χ4n) is 3.56. The number of carbonyl (C=O) groups is 1. The van der Waals surface area contributed by atoms with E-state index in [1.165, 1.54) is 13.4 Å². The zero-order valence-electron chi connectivity index (χ0n) is 15.9. The van der Waals surface area contributed by atoms with Gasteiger partial charge >= 0.3 is 6.18 Å². The van der Waals surface area contributed by atoms with Crippen LogP contribution in [0.25, 0.3) is 0 Å². The molecule has 0 saturated heterocycles. The van der Waals surface area contributed by atoms with Crippen LogP contribution in [-0.2, 0) is 6.54 Å². The average molecular weight is 420 g/mol. The zero-order chi connectivity index (χ0) is 21.3. The maximum absolute atomic E-state index is 13.8. The Morgan fingerprint density at radius 2 is 2.13 bits per heavy atom. The molecule has 1 aliphatic heterocycles. The number of nitrogens with one attached hydrogen (secondary N) is 2. The van der Waals surface area contributed by atoms with Crippen LogP contribution < -0.4 is 15.4 Å². The molecule has 0 spiro atoms. The number of hydrogen-bond acceptors (Lipinski definition) is 5. The normalized spacial score (nSPS) is 18.4. The molecule has 0 aliphatic carbocycles. The second kappa shape index (κ2) is 7.77. The second-order valence-electron chi connectivity index (χ2n) is 6.85. The summed E-state index contributed by atoms with van der Waals surface area (Å²) in [5.41, 5.74) is 0.596. The molecule has 10 heteroatoms. The molecule has 1 amide bonds. The number of hydrogen-bond donors (Lipinski definition) is 2. The number of fused-ring (bicyclic) bond motifs is 1. The van der Waals surface area contributed by atoms with Crippen molar-refractivity contribution in [2.24, 2.45) is 0 Å². The van der Waals surface area contributed by atoms with E-state index in [9.17, 15) is 18.0 Å². The summed E-state index contributed by atoms with van der Waals surface area (Å²) in [6.07, 6.45) is -2.21. The van der Waals surface area contributed by atoms with E-state index < -0.39 is 24.2 Å². The number of nitrogens with zero attached hydrogens (tertiary/aromatic N) is 2. The van der Waals surface area contributed by atoms with Gasteiger partial charge in [-0.25, -0.2) is 4.68 Å². The molecule has 0 unspecified atom stereocenters. The molecular formula is C20H19F3N4O3. The molecular weight excluding hydrogens is 401 g/mol.